The molecule has 0 aliphatic rings. The summed E-state index contributed by atoms with van der Waals surface area (Å²) in [4.78, 5) is 0. The maximum absolute atomic E-state index is 10.1. The first-order valence-electron chi connectivity index (χ1n) is 10.2. The second-order valence-electron chi connectivity index (χ2n) is 7.11. The predicted molar refractivity (Wildman–Crippen MR) is 109 cm³/mol. The lowest BCUT2D eigenvalue weighted by atomic mass is 9.95. The average molecular weight is 339 g/mol. The number of unbranched alkanes of at least 4 members (excludes halogenated alkanes) is 9. The van der Waals surface area contributed by atoms with Crippen molar-refractivity contribution in [3.8, 4) is 16.9 Å². The number of aryl methyl sites for hydroxylation is 1. The molecule has 0 amide bonds. The fourth-order valence-electron chi connectivity index (χ4n) is 3.51. The molecule has 0 aliphatic heterocycles. The molecule has 0 heterocycles. The molecule has 0 aliphatic carbocycles. The molecule has 0 bridgehead atoms. The number of aromatic hydroxyl groups is 1. The van der Waals surface area contributed by atoms with Crippen molar-refractivity contribution in [2.75, 3.05) is 0 Å². The van der Waals surface area contributed by atoms with Crippen molar-refractivity contribution in [1.82, 2.24) is 0 Å². The van der Waals surface area contributed by atoms with Gasteiger partial charge in [-0.3, -0.25) is 0 Å². The van der Waals surface area contributed by atoms with Gasteiger partial charge in [0.15, 0.2) is 0 Å². The first-order valence-corrected chi connectivity index (χ1v) is 10.2. The first-order chi connectivity index (χ1) is 12.3. The Morgan fingerprint density at radius 1 is 0.600 bits per heavy atom. The number of hydrogen-bond acceptors (Lipinski definition) is 1. The van der Waals surface area contributed by atoms with Crippen molar-refractivity contribution in [3.63, 3.8) is 0 Å². The van der Waals surface area contributed by atoms with Gasteiger partial charge in [0.2, 0.25) is 0 Å². The van der Waals surface area contributed by atoms with Gasteiger partial charge in [-0.2, -0.15) is 0 Å². The Morgan fingerprint density at radius 3 is 1.76 bits per heavy atom. The van der Waals surface area contributed by atoms with E-state index in [1.807, 2.05) is 18.2 Å². The summed E-state index contributed by atoms with van der Waals surface area (Å²) < 4.78 is 0. The van der Waals surface area contributed by atoms with Crippen LogP contribution in [0.3, 0.4) is 0 Å². The Balaban J connectivity index is 1.71. The van der Waals surface area contributed by atoms with E-state index >= 15 is 0 Å². The highest BCUT2D eigenvalue weighted by molar-refractivity contribution is 5.72. The van der Waals surface area contributed by atoms with Gasteiger partial charge in [0, 0.05) is 5.56 Å². The maximum atomic E-state index is 10.1. The zero-order valence-electron chi connectivity index (χ0n) is 15.8. The summed E-state index contributed by atoms with van der Waals surface area (Å²) in [7, 11) is 0. The molecule has 0 fully saturated rings. The van der Waals surface area contributed by atoms with Crippen LogP contribution < -0.4 is 0 Å². The number of rotatable bonds is 12. The summed E-state index contributed by atoms with van der Waals surface area (Å²) in [6, 6.07) is 16.1. The van der Waals surface area contributed by atoms with Crippen LogP contribution in [0.2, 0.25) is 0 Å². The monoisotopic (exact) mass is 338 g/mol. The zero-order valence-corrected chi connectivity index (χ0v) is 15.8. The van der Waals surface area contributed by atoms with E-state index in [0.717, 1.165) is 12.0 Å². The summed E-state index contributed by atoms with van der Waals surface area (Å²) in [5.74, 6) is 0.373. The minimum absolute atomic E-state index is 0.373. The maximum Gasteiger partial charge on any atom is 0.123 e. The van der Waals surface area contributed by atoms with E-state index in [9.17, 15) is 5.11 Å². The van der Waals surface area contributed by atoms with Gasteiger partial charge in [-0.05, 0) is 30.0 Å². The second-order valence-corrected chi connectivity index (χ2v) is 7.11. The molecular formula is C24H34O. The van der Waals surface area contributed by atoms with E-state index in [2.05, 4.69) is 31.2 Å². The van der Waals surface area contributed by atoms with E-state index in [1.165, 1.54) is 75.3 Å². The van der Waals surface area contributed by atoms with Crippen LogP contribution in [0.15, 0.2) is 48.5 Å². The largest absolute Gasteiger partial charge is 0.507 e. The molecule has 2 aromatic rings. The summed E-state index contributed by atoms with van der Waals surface area (Å²) in [5.41, 5.74) is 3.48. The minimum atomic E-state index is 0.373. The summed E-state index contributed by atoms with van der Waals surface area (Å²) >= 11 is 0. The van der Waals surface area contributed by atoms with Crippen molar-refractivity contribution in [1.29, 1.82) is 0 Å². The molecule has 0 radical (unpaired) electrons. The van der Waals surface area contributed by atoms with E-state index < -0.39 is 0 Å². The van der Waals surface area contributed by atoms with Gasteiger partial charge in [-0.15, -0.1) is 0 Å². The fraction of sp³-hybridized carbons (Fsp3) is 0.500. The first kappa shape index (κ1) is 19.6. The third kappa shape index (κ3) is 6.94. The number of hydrogen-bond donors (Lipinski definition) is 1. The summed E-state index contributed by atoms with van der Waals surface area (Å²) in [5, 5.41) is 10.1. The van der Waals surface area contributed by atoms with Crippen LogP contribution in [0, 0.1) is 0 Å². The van der Waals surface area contributed by atoms with Crippen molar-refractivity contribution >= 4 is 0 Å². The van der Waals surface area contributed by atoms with Gasteiger partial charge >= 0.3 is 0 Å². The molecule has 136 valence electrons. The lowest BCUT2D eigenvalue weighted by molar-refractivity contribution is 0.477. The lowest BCUT2D eigenvalue weighted by Gasteiger charge is -2.11. The van der Waals surface area contributed by atoms with Gasteiger partial charge in [0.1, 0.15) is 5.75 Å². The molecule has 2 rings (SSSR count). The third-order valence-electron chi connectivity index (χ3n) is 5.01. The van der Waals surface area contributed by atoms with Gasteiger partial charge in [-0.1, -0.05) is 107 Å². The summed E-state index contributed by atoms with van der Waals surface area (Å²) in [6.07, 6.45) is 14.8. The normalized spacial score (nSPS) is 10.9. The lowest BCUT2D eigenvalue weighted by Crippen LogP contribution is -1.91. The average Bonchev–Trinajstić information content (AvgIpc) is 2.64. The number of para-hydroxylation sites is 1. The van der Waals surface area contributed by atoms with Crippen LogP contribution in [0.1, 0.15) is 76.7 Å². The molecule has 0 spiro atoms. The van der Waals surface area contributed by atoms with Crippen molar-refractivity contribution < 1.29 is 5.11 Å². The van der Waals surface area contributed by atoms with Gasteiger partial charge in [0.25, 0.3) is 0 Å². The zero-order chi connectivity index (χ0) is 17.7. The van der Waals surface area contributed by atoms with Crippen LogP contribution in [-0.4, -0.2) is 5.11 Å². The molecule has 1 N–H and O–H groups in total. The Morgan fingerprint density at radius 2 is 1.12 bits per heavy atom. The predicted octanol–water partition coefficient (Wildman–Crippen LogP) is 7.52. The Labute approximate surface area is 154 Å². The third-order valence-corrected chi connectivity index (χ3v) is 5.01. The standard InChI is InChI=1S/C24H34O/c1-2-3-4-5-6-7-8-9-10-11-16-21-17-12-13-18-22(21)23-19-14-15-20-24(23)25/h12-15,17-20,25H,2-11,16H2,1H3. The number of benzene rings is 2. The molecular weight excluding hydrogens is 304 g/mol. The molecule has 0 unspecified atom stereocenters. The highest BCUT2D eigenvalue weighted by Gasteiger charge is 2.08. The molecule has 0 saturated heterocycles. The summed E-state index contributed by atoms with van der Waals surface area (Å²) in [6.45, 7) is 2.28. The van der Waals surface area contributed by atoms with E-state index in [4.69, 9.17) is 0 Å². The van der Waals surface area contributed by atoms with Gasteiger partial charge in [-0.25, -0.2) is 0 Å². The van der Waals surface area contributed by atoms with Crippen LogP contribution in [-0.2, 0) is 6.42 Å². The molecule has 0 aromatic heterocycles. The van der Waals surface area contributed by atoms with Crippen LogP contribution in [0.25, 0.3) is 11.1 Å². The molecule has 2 aromatic carbocycles. The van der Waals surface area contributed by atoms with Crippen LogP contribution in [0.5, 0.6) is 5.75 Å². The fourth-order valence-corrected chi connectivity index (χ4v) is 3.51. The highest BCUT2D eigenvalue weighted by Crippen LogP contribution is 2.32. The van der Waals surface area contributed by atoms with Crippen LogP contribution in [0.4, 0.5) is 0 Å². The topological polar surface area (TPSA) is 20.2 Å². The Kier molecular flexibility index (Phi) is 9.18. The quantitative estimate of drug-likeness (QED) is 0.397. The molecule has 0 atom stereocenters. The second kappa shape index (κ2) is 11.7. The van der Waals surface area contributed by atoms with E-state index in [1.54, 1.807) is 6.07 Å². The Bertz CT molecular complexity index is 603. The van der Waals surface area contributed by atoms with E-state index in [0.29, 0.717) is 5.75 Å². The molecule has 25 heavy (non-hydrogen) atoms. The van der Waals surface area contributed by atoms with Crippen LogP contribution >= 0.6 is 0 Å². The minimum Gasteiger partial charge on any atom is -0.507 e. The Hall–Kier alpha value is -1.76. The highest BCUT2D eigenvalue weighted by atomic mass is 16.3. The van der Waals surface area contributed by atoms with Gasteiger partial charge in [0.05, 0.1) is 0 Å². The van der Waals surface area contributed by atoms with Crippen molar-refractivity contribution in [2.24, 2.45) is 0 Å². The van der Waals surface area contributed by atoms with E-state index in [-0.39, 0.29) is 0 Å². The number of phenols is 1. The van der Waals surface area contributed by atoms with Crippen molar-refractivity contribution in [3.05, 3.63) is 54.1 Å². The molecule has 1 nitrogen and oxygen atoms in total. The number of phenolic OH excluding ortho intramolecular Hbond substituents is 1. The SMILES string of the molecule is CCCCCCCCCCCCc1ccccc1-c1ccccc1O. The smallest absolute Gasteiger partial charge is 0.123 e. The van der Waals surface area contributed by atoms with Crippen molar-refractivity contribution in [2.45, 2.75) is 77.6 Å². The molecule has 0 saturated carbocycles. The molecule has 1 heteroatoms. The van der Waals surface area contributed by atoms with Gasteiger partial charge < -0.3 is 5.11 Å².